The van der Waals surface area contributed by atoms with E-state index >= 15 is 0 Å². The molecule has 0 radical (unpaired) electrons. The number of allylic oxidation sites excluding steroid dienone is 8. The van der Waals surface area contributed by atoms with E-state index in [9.17, 15) is 14.4 Å². The van der Waals surface area contributed by atoms with Gasteiger partial charge in [-0.1, -0.05) is 313 Å². The largest absolute Gasteiger partial charge is 0.462 e. The third-order valence-electron chi connectivity index (χ3n) is 16.0. The van der Waals surface area contributed by atoms with Crippen molar-refractivity contribution >= 4 is 17.9 Å². The minimum Gasteiger partial charge on any atom is -0.462 e. The Hall–Kier alpha value is -2.63. The number of carbonyl (C=O) groups excluding carboxylic acids is 3. The van der Waals surface area contributed by atoms with Crippen molar-refractivity contribution in [1.29, 1.82) is 0 Å². The summed E-state index contributed by atoms with van der Waals surface area (Å²) in [6.45, 7) is 6.67. The Labute approximate surface area is 498 Å². The molecule has 6 heteroatoms. The summed E-state index contributed by atoms with van der Waals surface area (Å²) < 4.78 is 17.0. The van der Waals surface area contributed by atoms with E-state index in [1.807, 2.05) is 0 Å². The van der Waals surface area contributed by atoms with E-state index in [1.165, 1.54) is 270 Å². The summed E-state index contributed by atoms with van der Waals surface area (Å²) in [5, 5.41) is 0. The van der Waals surface area contributed by atoms with Crippen LogP contribution in [-0.4, -0.2) is 37.2 Å². The molecule has 0 rings (SSSR count). The van der Waals surface area contributed by atoms with Crippen LogP contribution in [0.4, 0.5) is 0 Å². The minimum atomic E-state index is -0.781. The van der Waals surface area contributed by atoms with Gasteiger partial charge in [0.05, 0.1) is 0 Å². The van der Waals surface area contributed by atoms with Gasteiger partial charge in [-0.15, -0.1) is 0 Å². The number of unbranched alkanes of at least 4 members (excludes halogenated alkanes) is 47. The molecular weight excluding hydrogens is 985 g/mol. The van der Waals surface area contributed by atoms with Crippen molar-refractivity contribution in [2.75, 3.05) is 13.2 Å². The molecule has 0 aliphatic heterocycles. The van der Waals surface area contributed by atoms with Crippen molar-refractivity contribution < 1.29 is 28.6 Å². The molecule has 0 heterocycles. The highest BCUT2D eigenvalue weighted by Gasteiger charge is 2.19. The van der Waals surface area contributed by atoms with Gasteiger partial charge in [-0.05, 0) is 103 Å². The van der Waals surface area contributed by atoms with Gasteiger partial charge >= 0.3 is 17.9 Å². The summed E-state index contributed by atoms with van der Waals surface area (Å²) in [4.78, 5) is 38.4. The second-order valence-electron chi connectivity index (χ2n) is 24.1. The van der Waals surface area contributed by atoms with Gasteiger partial charge in [0.25, 0.3) is 0 Å². The number of carbonyl (C=O) groups is 3. The Morgan fingerprint density at radius 2 is 0.450 bits per heavy atom. The first kappa shape index (κ1) is 77.4. The van der Waals surface area contributed by atoms with E-state index in [0.29, 0.717) is 19.3 Å². The molecule has 80 heavy (non-hydrogen) atoms. The molecule has 0 aromatic rings. The number of ether oxygens (including phenoxy) is 3. The van der Waals surface area contributed by atoms with Gasteiger partial charge in [0.1, 0.15) is 13.2 Å². The monoisotopic (exact) mass is 1120 g/mol. The van der Waals surface area contributed by atoms with Crippen LogP contribution in [0.2, 0.25) is 0 Å². The van der Waals surface area contributed by atoms with Crippen molar-refractivity contribution in [2.24, 2.45) is 0 Å². The number of rotatable bonds is 66. The van der Waals surface area contributed by atoms with Gasteiger partial charge in [-0.25, -0.2) is 0 Å². The highest BCUT2D eigenvalue weighted by molar-refractivity contribution is 5.71. The summed E-state index contributed by atoms with van der Waals surface area (Å²) in [5.41, 5.74) is 0. The van der Waals surface area contributed by atoms with Crippen LogP contribution in [0.25, 0.3) is 0 Å². The highest BCUT2D eigenvalue weighted by atomic mass is 16.6. The Morgan fingerprint density at radius 1 is 0.250 bits per heavy atom. The molecule has 468 valence electrons. The SMILES string of the molecule is CCCCCC/C=C\C/C=C\CCCCCCCCCC(=O)OC(COC(=O)CCCCCCC/C=C\CCCCCCCC)COC(=O)CCCCCCCCCCCCCCCCCCC/C=C\CCCCCCCCCC. The van der Waals surface area contributed by atoms with E-state index in [1.54, 1.807) is 0 Å². The highest BCUT2D eigenvalue weighted by Crippen LogP contribution is 2.18. The molecule has 0 saturated heterocycles. The molecule has 0 saturated carbocycles. The Balaban J connectivity index is 4.23. The lowest BCUT2D eigenvalue weighted by Gasteiger charge is -2.18. The zero-order valence-corrected chi connectivity index (χ0v) is 53.9. The lowest BCUT2D eigenvalue weighted by molar-refractivity contribution is -0.167. The first-order valence-corrected chi connectivity index (χ1v) is 35.6. The molecular formula is C74H136O6. The zero-order chi connectivity index (χ0) is 57.8. The van der Waals surface area contributed by atoms with Crippen molar-refractivity contribution in [1.82, 2.24) is 0 Å². The van der Waals surface area contributed by atoms with E-state index in [0.717, 1.165) is 77.0 Å². The molecule has 1 unspecified atom stereocenters. The molecule has 0 aliphatic rings. The van der Waals surface area contributed by atoms with Gasteiger partial charge in [0.15, 0.2) is 6.10 Å². The van der Waals surface area contributed by atoms with Crippen LogP contribution in [0.1, 0.15) is 387 Å². The van der Waals surface area contributed by atoms with Crippen molar-refractivity contribution in [3.8, 4) is 0 Å². The van der Waals surface area contributed by atoms with Crippen LogP contribution in [0.5, 0.6) is 0 Å². The fourth-order valence-electron chi connectivity index (χ4n) is 10.6. The second kappa shape index (κ2) is 68.9. The molecule has 6 nitrogen and oxygen atoms in total. The Kier molecular flexibility index (Phi) is 66.6. The van der Waals surface area contributed by atoms with Crippen LogP contribution in [0.15, 0.2) is 48.6 Å². The van der Waals surface area contributed by atoms with Crippen LogP contribution < -0.4 is 0 Å². The zero-order valence-electron chi connectivity index (χ0n) is 53.9. The number of hydrogen-bond donors (Lipinski definition) is 0. The van der Waals surface area contributed by atoms with E-state index in [2.05, 4.69) is 69.4 Å². The summed E-state index contributed by atoms with van der Waals surface area (Å²) >= 11 is 0. The lowest BCUT2D eigenvalue weighted by atomic mass is 10.0. The molecule has 0 spiro atoms. The first-order chi connectivity index (χ1) is 39.5. The predicted octanol–water partition coefficient (Wildman–Crippen LogP) is 24.5. The third-order valence-corrected chi connectivity index (χ3v) is 16.0. The molecule has 0 aromatic carbocycles. The Morgan fingerprint density at radius 3 is 0.713 bits per heavy atom. The van der Waals surface area contributed by atoms with Crippen molar-refractivity contribution in [2.45, 2.75) is 393 Å². The summed E-state index contributed by atoms with van der Waals surface area (Å²) in [5.74, 6) is -0.867. The molecule has 1 atom stereocenters. The maximum atomic E-state index is 12.9. The molecule has 0 N–H and O–H groups in total. The fourth-order valence-corrected chi connectivity index (χ4v) is 10.6. The maximum absolute atomic E-state index is 12.9. The molecule has 0 aliphatic carbocycles. The van der Waals surface area contributed by atoms with E-state index in [-0.39, 0.29) is 31.1 Å². The fraction of sp³-hybridized carbons (Fsp3) is 0.851. The van der Waals surface area contributed by atoms with Gasteiger partial charge in [-0.2, -0.15) is 0 Å². The van der Waals surface area contributed by atoms with Gasteiger partial charge in [0, 0.05) is 19.3 Å². The summed E-state index contributed by atoms with van der Waals surface area (Å²) in [6, 6.07) is 0. The number of hydrogen-bond acceptors (Lipinski definition) is 6. The lowest BCUT2D eigenvalue weighted by Crippen LogP contribution is -2.30. The molecule has 0 fully saturated rings. The summed E-state index contributed by atoms with van der Waals surface area (Å²) in [6.07, 6.45) is 87.1. The van der Waals surface area contributed by atoms with Crippen molar-refractivity contribution in [3.63, 3.8) is 0 Å². The van der Waals surface area contributed by atoms with E-state index in [4.69, 9.17) is 14.2 Å². The second-order valence-corrected chi connectivity index (χ2v) is 24.1. The van der Waals surface area contributed by atoms with E-state index < -0.39 is 6.10 Å². The van der Waals surface area contributed by atoms with Crippen LogP contribution >= 0.6 is 0 Å². The number of esters is 3. The molecule has 0 aromatic heterocycles. The average Bonchev–Trinajstić information content (AvgIpc) is 3.46. The maximum Gasteiger partial charge on any atom is 0.306 e. The summed E-state index contributed by atoms with van der Waals surface area (Å²) in [7, 11) is 0. The van der Waals surface area contributed by atoms with Crippen LogP contribution in [0.3, 0.4) is 0 Å². The predicted molar refractivity (Wildman–Crippen MR) is 349 cm³/mol. The average molecular weight is 1120 g/mol. The topological polar surface area (TPSA) is 78.9 Å². The van der Waals surface area contributed by atoms with Gasteiger partial charge < -0.3 is 14.2 Å². The van der Waals surface area contributed by atoms with Crippen LogP contribution in [-0.2, 0) is 28.6 Å². The standard InChI is InChI=1S/C74H136O6/c1-4-7-10-13-16-19-22-25-28-30-32-33-34-35-36-37-38-39-40-41-42-44-46-49-52-55-58-61-64-67-73(76)79-70-71(69-78-72(75)66-63-60-57-54-51-48-45-27-24-21-18-15-12-9-6-3)80-74(77)68-65-62-59-56-53-50-47-43-31-29-26-23-20-17-14-11-8-5-2/h20,23,27,29-32,45,71H,4-19,21-22,24-26,28,33-44,46-70H2,1-3H3/b23-20-,31-29-,32-30-,45-27-. The van der Waals surface area contributed by atoms with Crippen LogP contribution in [0, 0.1) is 0 Å². The van der Waals surface area contributed by atoms with Gasteiger partial charge in [0.2, 0.25) is 0 Å². The normalized spacial score (nSPS) is 12.3. The third kappa shape index (κ3) is 66.2. The smallest absolute Gasteiger partial charge is 0.306 e. The Bertz CT molecular complexity index is 1380. The first-order valence-electron chi connectivity index (χ1n) is 35.6. The van der Waals surface area contributed by atoms with Gasteiger partial charge in [-0.3, -0.25) is 14.4 Å². The van der Waals surface area contributed by atoms with Crippen molar-refractivity contribution in [3.05, 3.63) is 48.6 Å². The molecule has 0 amide bonds. The molecule has 0 bridgehead atoms. The minimum absolute atomic E-state index is 0.0754. The quantitative estimate of drug-likeness (QED) is 0.0261.